The van der Waals surface area contributed by atoms with E-state index in [0.717, 1.165) is 17.4 Å². The van der Waals surface area contributed by atoms with Crippen molar-refractivity contribution in [3.63, 3.8) is 0 Å². The van der Waals surface area contributed by atoms with Crippen LogP contribution in [0.3, 0.4) is 0 Å². The molecule has 0 unspecified atom stereocenters. The van der Waals surface area contributed by atoms with Crippen molar-refractivity contribution in [1.29, 1.82) is 0 Å². The molecular formula is C11H16N6O2S2. The van der Waals surface area contributed by atoms with Crippen LogP contribution in [-0.4, -0.2) is 39.9 Å². The Morgan fingerprint density at radius 2 is 2.24 bits per heavy atom. The molecule has 1 aliphatic heterocycles. The largest absolute Gasteiger partial charge is 0.382 e. The molecule has 0 radical (unpaired) electrons. The minimum absolute atomic E-state index is 0.0760. The van der Waals surface area contributed by atoms with Gasteiger partial charge in [-0.25, -0.2) is 8.42 Å². The highest BCUT2D eigenvalue weighted by Gasteiger charge is 2.30. The van der Waals surface area contributed by atoms with E-state index in [1.165, 1.54) is 0 Å². The molecule has 21 heavy (non-hydrogen) atoms. The zero-order valence-electron chi connectivity index (χ0n) is 11.6. The summed E-state index contributed by atoms with van der Waals surface area (Å²) >= 11 is 1.13. The van der Waals surface area contributed by atoms with Gasteiger partial charge in [-0.3, -0.25) is 0 Å². The first kappa shape index (κ1) is 14.3. The summed E-state index contributed by atoms with van der Waals surface area (Å²) in [6.07, 6.45) is 2.23. The SMILES string of the molecule is CCCS(=O)(=O)c1c(N)nsc1N1CCn2cnnc2C1. The summed E-state index contributed by atoms with van der Waals surface area (Å²) in [5, 5.41) is 8.52. The summed E-state index contributed by atoms with van der Waals surface area (Å²) in [5.41, 5.74) is 5.80. The first-order valence-electron chi connectivity index (χ1n) is 6.62. The summed E-state index contributed by atoms with van der Waals surface area (Å²) in [4.78, 5) is 2.13. The van der Waals surface area contributed by atoms with Crippen molar-refractivity contribution in [3.05, 3.63) is 12.2 Å². The maximum absolute atomic E-state index is 12.4. The van der Waals surface area contributed by atoms with E-state index >= 15 is 0 Å². The molecule has 10 heteroatoms. The topological polar surface area (TPSA) is 107 Å². The first-order chi connectivity index (χ1) is 10.0. The summed E-state index contributed by atoms with van der Waals surface area (Å²) < 4.78 is 30.8. The van der Waals surface area contributed by atoms with Crippen LogP contribution in [0.4, 0.5) is 10.8 Å². The molecular weight excluding hydrogens is 312 g/mol. The van der Waals surface area contributed by atoms with E-state index in [4.69, 9.17) is 5.73 Å². The molecule has 2 N–H and O–H groups in total. The molecule has 0 saturated heterocycles. The van der Waals surface area contributed by atoms with Crippen molar-refractivity contribution in [1.82, 2.24) is 19.1 Å². The van der Waals surface area contributed by atoms with Crippen LogP contribution in [0.5, 0.6) is 0 Å². The molecule has 0 amide bonds. The van der Waals surface area contributed by atoms with Gasteiger partial charge in [0.15, 0.2) is 21.5 Å². The lowest BCUT2D eigenvalue weighted by atomic mass is 10.3. The second-order valence-electron chi connectivity index (χ2n) is 4.88. The summed E-state index contributed by atoms with van der Waals surface area (Å²) in [7, 11) is -3.40. The van der Waals surface area contributed by atoms with E-state index < -0.39 is 9.84 Å². The lowest BCUT2D eigenvalue weighted by Crippen LogP contribution is -2.34. The summed E-state index contributed by atoms with van der Waals surface area (Å²) in [6, 6.07) is 0. The number of sulfone groups is 1. The Morgan fingerprint density at radius 3 is 3.00 bits per heavy atom. The molecule has 0 aromatic carbocycles. The number of hydrogen-bond donors (Lipinski definition) is 1. The molecule has 1 aliphatic rings. The molecule has 0 saturated carbocycles. The van der Waals surface area contributed by atoms with Gasteiger partial charge in [0.1, 0.15) is 16.2 Å². The lowest BCUT2D eigenvalue weighted by molar-refractivity contribution is 0.558. The van der Waals surface area contributed by atoms with E-state index in [1.54, 1.807) is 6.33 Å². The van der Waals surface area contributed by atoms with Crippen molar-refractivity contribution < 1.29 is 8.42 Å². The van der Waals surface area contributed by atoms with E-state index in [0.29, 0.717) is 31.1 Å². The zero-order valence-corrected chi connectivity index (χ0v) is 13.2. The average Bonchev–Trinajstić information content (AvgIpc) is 3.03. The zero-order chi connectivity index (χ0) is 15.0. The third kappa shape index (κ3) is 2.48. The number of anilines is 2. The third-order valence-corrected chi connectivity index (χ3v) is 6.39. The highest BCUT2D eigenvalue weighted by molar-refractivity contribution is 7.91. The maximum atomic E-state index is 12.4. The van der Waals surface area contributed by atoms with Gasteiger partial charge in [-0.1, -0.05) is 6.92 Å². The first-order valence-corrected chi connectivity index (χ1v) is 9.05. The van der Waals surface area contributed by atoms with Crippen molar-refractivity contribution >= 4 is 32.2 Å². The molecule has 0 atom stereocenters. The molecule has 0 fully saturated rings. The fourth-order valence-electron chi connectivity index (χ4n) is 2.39. The number of nitrogens with two attached hydrogens (primary N) is 1. The Bertz CT molecular complexity index is 751. The highest BCUT2D eigenvalue weighted by atomic mass is 32.2. The van der Waals surface area contributed by atoms with Crippen molar-refractivity contribution in [2.75, 3.05) is 22.9 Å². The van der Waals surface area contributed by atoms with Gasteiger partial charge in [0.25, 0.3) is 0 Å². The minimum atomic E-state index is -3.40. The van der Waals surface area contributed by atoms with Gasteiger partial charge in [-0.2, -0.15) is 4.37 Å². The number of fused-ring (bicyclic) bond motifs is 1. The van der Waals surface area contributed by atoms with Gasteiger partial charge < -0.3 is 15.2 Å². The van der Waals surface area contributed by atoms with Crippen LogP contribution < -0.4 is 10.6 Å². The normalized spacial score (nSPS) is 15.2. The second kappa shape index (κ2) is 5.26. The molecule has 114 valence electrons. The Kier molecular flexibility index (Phi) is 3.57. The predicted molar refractivity (Wildman–Crippen MR) is 79.9 cm³/mol. The Balaban J connectivity index is 1.98. The van der Waals surface area contributed by atoms with Crippen LogP contribution in [0.2, 0.25) is 0 Å². The Hall–Kier alpha value is -1.68. The van der Waals surface area contributed by atoms with Gasteiger partial charge in [-0.15, -0.1) is 10.2 Å². The van der Waals surface area contributed by atoms with E-state index in [1.807, 2.05) is 16.4 Å². The molecule has 0 spiro atoms. The summed E-state index contributed by atoms with van der Waals surface area (Å²) in [6.45, 7) is 3.74. The predicted octanol–water partition coefficient (Wildman–Crippen LogP) is 0.521. The van der Waals surface area contributed by atoms with Crippen LogP contribution in [0, 0.1) is 0 Å². The van der Waals surface area contributed by atoms with Crippen LogP contribution in [0.15, 0.2) is 11.2 Å². The fraction of sp³-hybridized carbons (Fsp3) is 0.545. The molecule has 3 rings (SSSR count). The smallest absolute Gasteiger partial charge is 0.185 e. The van der Waals surface area contributed by atoms with Crippen molar-refractivity contribution in [2.45, 2.75) is 31.3 Å². The van der Waals surface area contributed by atoms with Crippen molar-refractivity contribution in [2.24, 2.45) is 0 Å². The van der Waals surface area contributed by atoms with Gasteiger partial charge in [0.2, 0.25) is 0 Å². The standard InChI is InChI=1S/C11H16N6O2S2/c1-2-5-21(18,19)9-10(12)15-20-11(9)16-3-4-17-7-13-14-8(17)6-16/h7H,2-6H2,1H3,(H2,12,15). The van der Waals surface area contributed by atoms with Crippen LogP contribution in [0.25, 0.3) is 0 Å². The number of aromatic nitrogens is 4. The van der Waals surface area contributed by atoms with E-state index in [2.05, 4.69) is 14.6 Å². The van der Waals surface area contributed by atoms with Crippen molar-refractivity contribution in [3.8, 4) is 0 Å². The minimum Gasteiger partial charge on any atom is -0.382 e. The Labute approximate surface area is 126 Å². The molecule has 2 aromatic rings. The molecule has 8 nitrogen and oxygen atoms in total. The molecule has 0 aliphatic carbocycles. The van der Waals surface area contributed by atoms with Gasteiger partial charge in [0.05, 0.1) is 12.3 Å². The van der Waals surface area contributed by atoms with Crippen LogP contribution in [0.1, 0.15) is 19.2 Å². The van der Waals surface area contributed by atoms with Crippen LogP contribution >= 0.6 is 11.5 Å². The number of hydrogen-bond acceptors (Lipinski definition) is 8. The quantitative estimate of drug-likeness (QED) is 0.872. The van der Waals surface area contributed by atoms with Gasteiger partial charge in [0, 0.05) is 13.1 Å². The number of nitrogens with zero attached hydrogens (tertiary/aromatic N) is 5. The molecule has 0 bridgehead atoms. The lowest BCUT2D eigenvalue weighted by Gasteiger charge is -2.28. The average molecular weight is 328 g/mol. The summed E-state index contributed by atoms with van der Waals surface area (Å²) in [5.74, 6) is 0.981. The monoisotopic (exact) mass is 328 g/mol. The van der Waals surface area contributed by atoms with Gasteiger partial charge in [-0.05, 0) is 18.0 Å². The highest BCUT2D eigenvalue weighted by Crippen LogP contribution is 2.36. The van der Waals surface area contributed by atoms with E-state index in [-0.39, 0.29) is 16.5 Å². The van der Waals surface area contributed by atoms with Gasteiger partial charge >= 0.3 is 0 Å². The van der Waals surface area contributed by atoms with Crippen LogP contribution in [-0.2, 0) is 22.9 Å². The number of rotatable bonds is 4. The third-order valence-electron chi connectivity index (χ3n) is 3.37. The number of nitrogen functional groups attached to an aromatic ring is 1. The molecule has 2 aromatic heterocycles. The van der Waals surface area contributed by atoms with E-state index in [9.17, 15) is 8.42 Å². The maximum Gasteiger partial charge on any atom is 0.185 e. The fourth-order valence-corrected chi connectivity index (χ4v) is 5.18. The second-order valence-corrected chi connectivity index (χ2v) is 7.68. The Morgan fingerprint density at radius 1 is 1.43 bits per heavy atom. The molecule has 3 heterocycles.